The van der Waals surface area contributed by atoms with Gasteiger partial charge < -0.3 is 4.98 Å². The van der Waals surface area contributed by atoms with Gasteiger partial charge >= 0.3 is 0 Å². The number of carbonyl (C=O) groups is 1. The van der Waals surface area contributed by atoms with Crippen molar-refractivity contribution in [1.29, 1.82) is 0 Å². The molecular formula is C7H6N4OS. The van der Waals surface area contributed by atoms with E-state index in [2.05, 4.69) is 19.6 Å². The van der Waals surface area contributed by atoms with Crippen LogP contribution in [0.15, 0.2) is 17.8 Å². The first-order valence-corrected chi connectivity index (χ1v) is 4.48. The molecule has 1 N–H and O–H groups in total. The van der Waals surface area contributed by atoms with E-state index < -0.39 is 0 Å². The van der Waals surface area contributed by atoms with Crippen molar-refractivity contribution in [3.05, 3.63) is 29.3 Å². The highest BCUT2D eigenvalue weighted by Gasteiger charge is 2.10. The Hall–Kier alpha value is -1.56. The van der Waals surface area contributed by atoms with Gasteiger partial charge in [0, 0.05) is 17.8 Å². The number of Topliss-reactive ketones (excluding diaryl/α,β-unsaturated/α-hetero) is 1. The van der Waals surface area contributed by atoms with Crippen LogP contribution in [0.3, 0.4) is 0 Å². The molecule has 0 aromatic carbocycles. The van der Waals surface area contributed by atoms with E-state index in [-0.39, 0.29) is 12.2 Å². The summed E-state index contributed by atoms with van der Waals surface area (Å²) in [6.07, 6.45) is 3.42. The summed E-state index contributed by atoms with van der Waals surface area (Å²) in [6, 6.07) is 0. The van der Waals surface area contributed by atoms with Gasteiger partial charge in [-0.15, -0.1) is 5.10 Å². The predicted octanol–water partition coefficient (Wildman–Crippen LogP) is 0.687. The lowest BCUT2D eigenvalue weighted by atomic mass is 10.2. The maximum absolute atomic E-state index is 11.4. The maximum atomic E-state index is 11.4. The zero-order valence-corrected chi connectivity index (χ0v) is 7.41. The number of nitrogens with zero attached hydrogens (tertiary/aromatic N) is 3. The van der Waals surface area contributed by atoms with Crippen molar-refractivity contribution in [3.8, 4) is 0 Å². The van der Waals surface area contributed by atoms with E-state index in [1.54, 1.807) is 17.8 Å². The summed E-state index contributed by atoms with van der Waals surface area (Å²) in [7, 11) is 0. The average Bonchev–Trinajstić information content (AvgIpc) is 2.74. The molecule has 0 aliphatic carbocycles. The first kappa shape index (κ1) is 8.06. The first-order valence-electron chi connectivity index (χ1n) is 3.65. The fourth-order valence-corrected chi connectivity index (χ4v) is 1.38. The molecule has 5 nitrogen and oxygen atoms in total. The summed E-state index contributed by atoms with van der Waals surface area (Å²) in [5.41, 5.74) is 0.686. The van der Waals surface area contributed by atoms with Gasteiger partial charge in [-0.3, -0.25) is 4.79 Å². The second-order valence-corrected chi connectivity index (χ2v) is 3.04. The van der Waals surface area contributed by atoms with Crippen LogP contribution in [0.25, 0.3) is 0 Å². The Morgan fingerprint density at radius 3 is 3.15 bits per heavy atom. The molecule has 0 atom stereocenters. The SMILES string of the molecule is O=C(Cc1csnn1)c1ncc[nH]1. The van der Waals surface area contributed by atoms with E-state index in [9.17, 15) is 4.79 Å². The first-order chi connectivity index (χ1) is 6.36. The van der Waals surface area contributed by atoms with E-state index in [1.165, 1.54) is 11.5 Å². The maximum Gasteiger partial charge on any atom is 0.204 e. The zero-order valence-electron chi connectivity index (χ0n) is 6.60. The molecule has 0 saturated heterocycles. The lowest BCUT2D eigenvalue weighted by molar-refractivity contribution is 0.0983. The van der Waals surface area contributed by atoms with Crippen molar-refractivity contribution in [3.63, 3.8) is 0 Å². The molecule has 0 bridgehead atoms. The minimum atomic E-state index is -0.0716. The molecule has 6 heteroatoms. The highest BCUT2D eigenvalue weighted by atomic mass is 32.1. The number of rotatable bonds is 3. The monoisotopic (exact) mass is 194 g/mol. The topological polar surface area (TPSA) is 71.5 Å². The van der Waals surface area contributed by atoms with Crippen LogP contribution < -0.4 is 0 Å². The van der Waals surface area contributed by atoms with Crippen LogP contribution in [0.1, 0.15) is 16.3 Å². The van der Waals surface area contributed by atoms with Crippen molar-refractivity contribution >= 4 is 17.3 Å². The third kappa shape index (κ3) is 1.78. The Kier molecular flexibility index (Phi) is 2.13. The Bertz CT molecular complexity index is 381. The second-order valence-electron chi connectivity index (χ2n) is 2.43. The van der Waals surface area contributed by atoms with E-state index in [0.717, 1.165) is 0 Å². The molecule has 2 aromatic rings. The summed E-state index contributed by atoms with van der Waals surface area (Å²) >= 11 is 1.23. The molecule has 0 saturated carbocycles. The number of imidazole rings is 1. The van der Waals surface area contributed by atoms with Gasteiger partial charge in [-0.2, -0.15) is 0 Å². The van der Waals surface area contributed by atoms with Crippen LogP contribution in [-0.4, -0.2) is 25.3 Å². The molecule has 0 amide bonds. The Morgan fingerprint density at radius 2 is 2.54 bits per heavy atom. The number of hydrogen-bond acceptors (Lipinski definition) is 5. The molecule has 0 radical (unpaired) electrons. The lowest BCUT2D eigenvalue weighted by Crippen LogP contribution is -2.05. The smallest absolute Gasteiger partial charge is 0.204 e. The highest BCUT2D eigenvalue weighted by Crippen LogP contribution is 2.02. The minimum Gasteiger partial charge on any atom is -0.342 e. The van der Waals surface area contributed by atoms with E-state index in [0.29, 0.717) is 11.5 Å². The number of aromatic amines is 1. The Balaban J connectivity index is 2.08. The minimum absolute atomic E-state index is 0.0716. The zero-order chi connectivity index (χ0) is 9.10. The number of H-pyrrole nitrogens is 1. The van der Waals surface area contributed by atoms with Crippen molar-refractivity contribution in [2.45, 2.75) is 6.42 Å². The molecule has 0 unspecified atom stereocenters. The van der Waals surface area contributed by atoms with Gasteiger partial charge in [-0.25, -0.2) is 4.98 Å². The largest absolute Gasteiger partial charge is 0.342 e. The number of carbonyl (C=O) groups excluding carboxylic acids is 1. The Labute approximate surface area is 78.0 Å². The standard InChI is InChI=1S/C7H6N4OS/c12-6(7-8-1-2-9-7)3-5-4-13-11-10-5/h1-2,4H,3H2,(H,8,9). The number of nitrogens with one attached hydrogen (secondary N) is 1. The van der Waals surface area contributed by atoms with Gasteiger partial charge in [0.15, 0.2) is 5.82 Å². The summed E-state index contributed by atoms with van der Waals surface area (Å²) in [6.45, 7) is 0. The molecule has 13 heavy (non-hydrogen) atoms. The number of hydrogen-bond donors (Lipinski definition) is 1. The van der Waals surface area contributed by atoms with Crippen molar-refractivity contribution in [1.82, 2.24) is 19.6 Å². The molecule has 0 aliphatic heterocycles. The lowest BCUT2D eigenvalue weighted by Gasteiger charge is -1.91. The summed E-state index contributed by atoms with van der Waals surface area (Å²) < 4.78 is 3.67. The van der Waals surface area contributed by atoms with Gasteiger partial charge in [0.1, 0.15) is 0 Å². The van der Waals surface area contributed by atoms with Gasteiger partial charge in [0.2, 0.25) is 5.78 Å². The fourth-order valence-electron chi connectivity index (χ4n) is 0.927. The average molecular weight is 194 g/mol. The van der Waals surface area contributed by atoms with Crippen LogP contribution in [0.2, 0.25) is 0 Å². The molecule has 0 fully saturated rings. The van der Waals surface area contributed by atoms with Crippen molar-refractivity contribution in [2.24, 2.45) is 0 Å². The van der Waals surface area contributed by atoms with Gasteiger partial charge in [-0.05, 0) is 11.5 Å². The summed E-state index contributed by atoms with van der Waals surface area (Å²) in [4.78, 5) is 18.0. The Morgan fingerprint density at radius 1 is 1.62 bits per heavy atom. The van der Waals surface area contributed by atoms with Crippen LogP contribution >= 0.6 is 11.5 Å². The van der Waals surface area contributed by atoms with Crippen LogP contribution in [-0.2, 0) is 6.42 Å². The quantitative estimate of drug-likeness (QED) is 0.729. The summed E-state index contributed by atoms with van der Waals surface area (Å²) in [5.74, 6) is 0.297. The number of aromatic nitrogens is 4. The number of ketones is 1. The van der Waals surface area contributed by atoms with Crippen LogP contribution in [0.5, 0.6) is 0 Å². The van der Waals surface area contributed by atoms with E-state index in [4.69, 9.17) is 0 Å². The molecule has 2 rings (SSSR count). The highest BCUT2D eigenvalue weighted by molar-refractivity contribution is 7.03. The predicted molar refractivity (Wildman–Crippen MR) is 46.5 cm³/mol. The van der Waals surface area contributed by atoms with Crippen molar-refractivity contribution in [2.75, 3.05) is 0 Å². The van der Waals surface area contributed by atoms with Gasteiger partial charge in [0.05, 0.1) is 12.1 Å². The molecule has 2 aromatic heterocycles. The molecule has 0 spiro atoms. The normalized spacial score (nSPS) is 10.2. The third-order valence-electron chi connectivity index (χ3n) is 1.51. The third-order valence-corrected chi connectivity index (χ3v) is 2.06. The second kappa shape index (κ2) is 3.44. The van der Waals surface area contributed by atoms with E-state index in [1.807, 2.05) is 0 Å². The summed E-state index contributed by atoms with van der Waals surface area (Å²) in [5, 5.41) is 5.52. The molecule has 2 heterocycles. The van der Waals surface area contributed by atoms with Crippen LogP contribution in [0.4, 0.5) is 0 Å². The molecule has 66 valence electrons. The van der Waals surface area contributed by atoms with Crippen LogP contribution in [0, 0.1) is 0 Å². The van der Waals surface area contributed by atoms with Crippen molar-refractivity contribution < 1.29 is 4.79 Å². The molecule has 0 aliphatic rings. The molecular weight excluding hydrogens is 188 g/mol. The van der Waals surface area contributed by atoms with Gasteiger partial charge in [0.25, 0.3) is 0 Å². The fraction of sp³-hybridized carbons (Fsp3) is 0.143. The van der Waals surface area contributed by atoms with Gasteiger partial charge in [-0.1, -0.05) is 4.49 Å². The van der Waals surface area contributed by atoms with E-state index >= 15 is 0 Å².